The van der Waals surface area contributed by atoms with E-state index in [1.165, 1.54) is 11.8 Å². The van der Waals surface area contributed by atoms with E-state index in [0.29, 0.717) is 5.92 Å². The fraction of sp³-hybridized carbons (Fsp3) is 0.286. The van der Waals surface area contributed by atoms with Gasteiger partial charge in [0.1, 0.15) is 0 Å². The van der Waals surface area contributed by atoms with Crippen LogP contribution in [-0.2, 0) is 4.79 Å². The Hall–Kier alpha value is -2.39. The van der Waals surface area contributed by atoms with Crippen molar-refractivity contribution in [2.24, 2.45) is 5.92 Å². The molecule has 124 valence electrons. The van der Waals surface area contributed by atoms with E-state index in [4.69, 9.17) is 0 Å². The number of rotatable bonds is 4. The van der Waals surface area contributed by atoms with E-state index in [2.05, 4.69) is 24.3 Å². The van der Waals surface area contributed by atoms with E-state index in [1.807, 2.05) is 36.4 Å². The second-order valence-corrected chi connectivity index (χ2v) is 6.37. The van der Waals surface area contributed by atoms with Crippen molar-refractivity contribution in [1.29, 1.82) is 0 Å². The Balaban J connectivity index is 1.54. The van der Waals surface area contributed by atoms with Gasteiger partial charge in [-0.1, -0.05) is 60.7 Å². The first-order valence-electron chi connectivity index (χ1n) is 8.54. The van der Waals surface area contributed by atoms with Gasteiger partial charge < -0.3 is 0 Å². The molecule has 1 fully saturated rings. The molecule has 24 heavy (non-hydrogen) atoms. The number of hydroxylamine groups is 2. The molecule has 3 nitrogen and oxygen atoms in total. The van der Waals surface area contributed by atoms with Gasteiger partial charge in [-0.25, -0.2) is 0 Å². The van der Waals surface area contributed by atoms with Gasteiger partial charge in [0.15, 0.2) is 0 Å². The van der Waals surface area contributed by atoms with Crippen LogP contribution in [0.15, 0.2) is 66.9 Å². The highest BCUT2D eigenvalue weighted by atomic mass is 16.5. The average Bonchev–Trinajstić information content (AvgIpc) is 2.67. The van der Waals surface area contributed by atoms with Gasteiger partial charge >= 0.3 is 0 Å². The second kappa shape index (κ2) is 7.93. The standard InChI is InChI=1S/C21H23NO2/c23-21(22(24)16-15-17-7-3-1-4-8-17)20-13-11-19(12-14-20)18-9-5-2-6-10-18/h1-10,15-16,19-20,24H,11-14H2. The van der Waals surface area contributed by atoms with E-state index >= 15 is 0 Å². The lowest BCUT2D eigenvalue weighted by molar-refractivity contribution is -0.159. The highest BCUT2D eigenvalue weighted by Crippen LogP contribution is 2.36. The van der Waals surface area contributed by atoms with Gasteiger partial charge in [0.2, 0.25) is 0 Å². The summed E-state index contributed by atoms with van der Waals surface area (Å²) in [5.74, 6) is 0.242. The van der Waals surface area contributed by atoms with Crippen LogP contribution in [0.2, 0.25) is 0 Å². The highest BCUT2D eigenvalue weighted by molar-refractivity contribution is 5.79. The molecule has 0 radical (unpaired) electrons. The summed E-state index contributed by atoms with van der Waals surface area (Å²) in [5.41, 5.74) is 2.31. The molecular weight excluding hydrogens is 298 g/mol. The van der Waals surface area contributed by atoms with Gasteiger partial charge in [-0.15, -0.1) is 0 Å². The van der Waals surface area contributed by atoms with Crippen molar-refractivity contribution < 1.29 is 10.0 Å². The van der Waals surface area contributed by atoms with Crippen LogP contribution in [0.5, 0.6) is 0 Å². The van der Waals surface area contributed by atoms with E-state index in [1.54, 1.807) is 6.08 Å². The van der Waals surface area contributed by atoms with Crippen LogP contribution in [0.4, 0.5) is 0 Å². The third-order valence-corrected chi connectivity index (χ3v) is 4.78. The summed E-state index contributed by atoms with van der Waals surface area (Å²) in [5, 5.41) is 10.8. The molecule has 0 aromatic heterocycles. The van der Waals surface area contributed by atoms with Crippen molar-refractivity contribution in [3.8, 4) is 0 Å². The smallest absolute Gasteiger partial charge is 0.253 e. The molecule has 1 aliphatic carbocycles. The molecule has 0 unspecified atom stereocenters. The third kappa shape index (κ3) is 4.12. The average molecular weight is 321 g/mol. The second-order valence-electron chi connectivity index (χ2n) is 6.37. The van der Waals surface area contributed by atoms with Crippen molar-refractivity contribution in [2.45, 2.75) is 31.6 Å². The van der Waals surface area contributed by atoms with Crippen LogP contribution in [0, 0.1) is 5.92 Å². The van der Waals surface area contributed by atoms with Crippen molar-refractivity contribution in [1.82, 2.24) is 5.06 Å². The Morgan fingerprint density at radius 3 is 2.12 bits per heavy atom. The fourth-order valence-corrected chi connectivity index (χ4v) is 3.38. The molecule has 2 aromatic rings. The summed E-state index contributed by atoms with van der Waals surface area (Å²) in [4.78, 5) is 12.4. The monoisotopic (exact) mass is 321 g/mol. The molecule has 0 saturated heterocycles. The van der Waals surface area contributed by atoms with Crippen LogP contribution in [0.1, 0.15) is 42.7 Å². The van der Waals surface area contributed by atoms with Crippen molar-refractivity contribution >= 4 is 12.0 Å². The number of carbonyl (C=O) groups is 1. The Bertz CT molecular complexity index is 673. The minimum Gasteiger partial charge on any atom is -0.281 e. The highest BCUT2D eigenvalue weighted by Gasteiger charge is 2.29. The third-order valence-electron chi connectivity index (χ3n) is 4.78. The Morgan fingerprint density at radius 1 is 0.917 bits per heavy atom. The zero-order chi connectivity index (χ0) is 16.8. The first-order valence-corrected chi connectivity index (χ1v) is 8.54. The minimum absolute atomic E-state index is 0.0876. The molecule has 0 spiro atoms. The molecule has 1 amide bonds. The minimum atomic E-state index is -0.200. The van der Waals surface area contributed by atoms with E-state index in [9.17, 15) is 10.0 Å². The summed E-state index contributed by atoms with van der Waals surface area (Å²) in [6.45, 7) is 0. The zero-order valence-corrected chi connectivity index (χ0v) is 13.7. The predicted molar refractivity (Wildman–Crippen MR) is 95.2 cm³/mol. The van der Waals surface area contributed by atoms with Crippen LogP contribution >= 0.6 is 0 Å². The lowest BCUT2D eigenvalue weighted by Gasteiger charge is -2.29. The molecule has 1 aliphatic rings. The first-order chi connectivity index (χ1) is 11.7. The molecule has 0 bridgehead atoms. The quantitative estimate of drug-likeness (QED) is 0.646. The number of nitrogens with zero attached hydrogens (tertiary/aromatic N) is 1. The maximum Gasteiger partial charge on any atom is 0.253 e. The molecule has 2 aromatic carbocycles. The molecular formula is C21H23NO2. The van der Waals surface area contributed by atoms with Crippen LogP contribution in [0.3, 0.4) is 0 Å². The Kier molecular flexibility index (Phi) is 5.44. The van der Waals surface area contributed by atoms with Crippen molar-refractivity contribution in [2.75, 3.05) is 0 Å². The largest absolute Gasteiger partial charge is 0.281 e. The van der Waals surface area contributed by atoms with Gasteiger partial charge in [0, 0.05) is 12.1 Å². The molecule has 1 N–H and O–H groups in total. The molecule has 0 heterocycles. The van der Waals surface area contributed by atoms with Gasteiger partial charge in [0.25, 0.3) is 5.91 Å². The molecule has 3 rings (SSSR count). The number of hydrogen-bond donors (Lipinski definition) is 1. The normalized spacial score (nSPS) is 20.9. The molecule has 0 atom stereocenters. The topological polar surface area (TPSA) is 40.5 Å². The van der Waals surface area contributed by atoms with Crippen molar-refractivity contribution in [3.63, 3.8) is 0 Å². The first kappa shape index (κ1) is 16.5. The predicted octanol–water partition coefficient (Wildman–Crippen LogP) is 4.85. The Morgan fingerprint density at radius 2 is 1.50 bits per heavy atom. The fourth-order valence-electron chi connectivity index (χ4n) is 3.38. The van der Waals surface area contributed by atoms with E-state index in [-0.39, 0.29) is 11.8 Å². The maximum atomic E-state index is 12.4. The summed E-state index contributed by atoms with van der Waals surface area (Å²) in [7, 11) is 0. The SMILES string of the molecule is O=C(C1CCC(c2ccccc2)CC1)N(O)C=Cc1ccccc1. The summed E-state index contributed by atoms with van der Waals surface area (Å²) in [6.07, 6.45) is 6.84. The van der Waals surface area contributed by atoms with Crippen LogP contribution in [-0.4, -0.2) is 16.2 Å². The van der Waals surface area contributed by atoms with Gasteiger partial charge in [-0.05, 0) is 48.8 Å². The summed E-state index contributed by atoms with van der Waals surface area (Å²) < 4.78 is 0. The van der Waals surface area contributed by atoms with E-state index in [0.717, 1.165) is 36.3 Å². The zero-order valence-electron chi connectivity index (χ0n) is 13.7. The van der Waals surface area contributed by atoms with Crippen LogP contribution < -0.4 is 0 Å². The Labute approximate surface area is 143 Å². The summed E-state index contributed by atoms with van der Waals surface area (Å²) in [6, 6.07) is 20.1. The number of amides is 1. The lowest BCUT2D eigenvalue weighted by atomic mass is 9.78. The number of hydrogen-bond acceptors (Lipinski definition) is 2. The maximum absolute atomic E-state index is 12.4. The van der Waals surface area contributed by atoms with Gasteiger partial charge in [-0.3, -0.25) is 10.0 Å². The van der Waals surface area contributed by atoms with Crippen molar-refractivity contribution in [3.05, 3.63) is 78.0 Å². The van der Waals surface area contributed by atoms with Gasteiger partial charge in [-0.2, -0.15) is 5.06 Å². The number of carbonyl (C=O) groups excluding carboxylic acids is 1. The van der Waals surface area contributed by atoms with E-state index < -0.39 is 0 Å². The van der Waals surface area contributed by atoms with Crippen LogP contribution in [0.25, 0.3) is 6.08 Å². The molecule has 3 heteroatoms. The number of benzene rings is 2. The summed E-state index contributed by atoms with van der Waals surface area (Å²) >= 11 is 0. The lowest BCUT2D eigenvalue weighted by Crippen LogP contribution is -2.31. The van der Waals surface area contributed by atoms with Gasteiger partial charge in [0.05, 0.1) is 0 Å². The molecule has 0 aliphatic heterocycles. The molecule has 1 saturated carbocycles.